The van der Waals surface area contributed by atoms with Crippen molar-refractivity contribution in [2.75, 3.05) is 0 Å². The summed E-state index contributed by atoms with van der Waals surface area (Å²) in [6.45, 7) is 6.95. The number of allylic oxidation sites excluding steroid dienone is 6. The van der Waals surface area contributed by atoms with E-state index in [-0.39, 0.29) is 0 Å². The first-order valence-electron chi connectivity index (χ1n) is 5.28. The topological polar surface area (TPSA) is 0 Å². The highest BCUT2D eigenvalue weighted by Gasteiger charge is 2.13. The second-order valence-corrected chi connectivity index (χ2v) is 3.93. The minimum atomic E-state index is 0.720. The summed E-state index contributed by atoms with van der Waals surface area (Å²) in [6.07, 6.45) is 13.3. The van der Waals surface area contributed by atoms with Gasteiger partial charge in [-0.15, -0.1) is 0 Å². The fraction of sp³-hybridized carbons (Fsp3) is 0.538. The molecule has 0 amide bonds. The van der Waals surface area contributed by atoms with Gasteiger partial charge in [0.1, 0.15) is 0 Å². The van der Waals surface area contributed by atoms with E-state index in [1.807, 2.05) is 0 Å². The van der Waals surface area contributed by atoms with Crippen molar-refractivity contribution in [1.29, 1.82) is 0 Å². The molecule has 0 saturated carbocycles. The number of hydrogen-bond acceptors (Lipinski definition) is 0. The van der Waals surface area contributed by atoms with Gasteiger partial charge < -0.3 is 0 Å². The van der Waals surface area contributed by atoms with E-state index in [1.165, 1.54) is 6.42 Å². The lowest BCUT2D eigenvalue weighted by Gasteiger charge is -2.20. The van der Waals surface area contributed by atoms with Crippen LogP contribution in [0.3, 0.4) is 0 Å². The van der Waals surface area contributed by atoms with E-state index in [0.717, 1.165) is 18.3 Å². The molecule has 0 radical (unpaired) electrons. The standard InChI is InChI=1S/C13H20/c1-4-11(2)12(3)13-9-7-5-6-8-10-13/h5-9,11-12H,4,10H2,1-3H3. The maximum Gasteiger partial charge on any atom is -0.0130 e. The number of rotatable bonds is 3. The average molecular weight is 176 g/mol. The van der Waals surface area contributed by atoms with Gasteiger partial charge in [-0.3, -0.25) is 0 Å². The zero-order valence-corrected chi connectivity index (χ0v) is 8.96. The van der Waals surface area contributed by atoms with Crippen molar-refractivity contribution in [2.45, 2.75) is 33.6 Å². The van der Waals surface area contributed by atoms with Crippen molar-refractivity contribution in [1.82, 2.24) is 0 Å². The normalized spacial score (nSPS) is 20.7. The van der Waals surface area contributed by atoms with Crippen LogP contribution in [0.5, 0.6) is 0 Å². The fourth-order valence-corrected chi connectivity index (χ4v) is 1.65. The molecule has 1 aliphatic rings. The van der Waals surface area contributed by atoms with Crippen molar-refractivity contribution in [3.8, 4) is 0 Å². The molecule has 1 rings (SSSR count). The van der Waals surface area contributed by atoms with Gasteiger partial charge in [-0.2, -0.15) is 0 Å². The van der Waals surface area contributed by atoms with Gasteiger partial charge in [-0.1, -0.05) is 63.1 Å². The van der Waals surface area contributed by atoms with E-state index in [1.54, 1.807) is 5.57 Å². The van der Waals surface area contributed by atoms with Gasteiger partial charge in [0.05, 0.1) is 0 Å². The second-order valence-electron chi connectivity index (χ2n) is 3.93. The van der Waals surface area contributed by atoms with E-state index in [2.05, 4.69) is 51.2 Å². The van der Waals surface area contributed by atoms with Crippen LogP contribution in [0.25, 0.3) is 0 Å². The molecule has 0 fully saturated rings. The molecule has 1 aliphatic carbocycles. The Morgan fingerprint density at radius 1 is 1.23 bits per heavy atom. The lowest BCUT2D eigenvalue weighted by Crippen LogP contribution is -2.09. The summed E-state index contributed by atoms with van der Waals surface area (Å²) in [6, 6.07) is 0. The summed E-state index contributed by atoms with van der Waals surface area (Å²) >= 11 is 0. The lowest BCUT2D eigenvalue weighted by molar-refractivity contribution is 0.423. The van der Waals surface area contributed by atoms with Gasteiger partial charge in [0.15, 0.2) is 0 Å². The first-order chi connectivity index (χ1) is 6.25. The molecule has 72 valence electrons. The highest BCUT2D eigenvalue weighted by Crippen LogP contribution is 2.26. The van der Waals surface area contributed by atoms with Crippen molar-refractivity contribution < 1.29 is 0 Å². The Kier molecular flexibility index (Phi) is 4.01. The van der Waals surface area contributed by atoms with E-state index in [4.69, 9.17) is 0 Å². The van der Waals surface area contributed by atoms with Gasteiger partial charge in [0.25, 0.3) is 0 Å². The Labute approximate surface area is 82.0 Å². The summed E-state index contributed by atoms with van der Waals surface area (Å²) in [7, 11) is 0. The predicted molar refractivity (Wildman–Crippen MR) is 59.6 cm³/mol. The molecular weight excluding hydrogens is 156 g/mol. The Morgan fingerprint density at radius 3 is 2.69 bits per heavy atom. The van der Waals surface area contributed by atoms with Gasteiger partial charge in [-0.25, -0.2) is 0 Å². The molecule has 0 nitrogen and oxygen atoms in total. The highest BCUT2D eigenvalue weighted by atomic mass is 14.2. The second kappa shape index (κ2) is 5.06. The van der Waals surface area contributed by atoms with Gasteiger partial charge in [0, 0.05) is 0 Å². The van der Waals surface area contributed by atoms with Crippen LogP contribution >= 0.6 is 0 Å². The minimum absolute atomic E-state index is 0.720. The Balaban J connectivity index is 2.65. The van der Waals surface area contributed by atoms with Crippen LogP contribution in [-0.2, 0) is 0 Å². The smallest absolute Gasteiger partial charge is 0.0130 e. The maximum absolute atomic E-state index is 2.34. The summed E-state index contributed by atoms with van der Waals surface area (Å²) in [4.78, 5) is 0. The molecular formula is C13H20. The summed E-state index contributed by atoms with van der Waals surface area (Å²) in [5.41, 5.74) is 1.57. The monoisotopic (exact) mass is 176 g/mol. The van der Waals surface area contributed by atoms with Crippen LogP contribution in [0.2, 0.25) is 0 Å². The average Bonchev–Trinajstić information content (AvgIpc) is 2.43. The minimum Gasteiger partial charge on any atom is -0.0805 e. The van der Waals surface area contributed by atoms with E-state index in [0.29, 0.717) is 0 Å². The van der Waals surface area contributed by atoms with Crippen LogP contribution in [0.1, 0.15) is 33.6 Å². The van der Waals surface area contributed by atoms with Crippen LogP contribution in [0, 0.1) is 11.8 Å². The van der Waals surface area contributed by atoms with Crippen LogP contribution < -0.4 is 0 Å². The van der Waals surface area contributed by atoms with Crippen LogP contribution in [0.15, 0.2) is 36.0 Å². The third-order valence-electron chi connectivity index (χ3n) is 3.10. The summed E-state index contributed by atoms with van der Waals surface area (Å²) in [5.74, 6) is 1.52. The third-order valence-corrected chi connectivity index (χ3v) is 3.10. The molecule has 2 unspecified atom stereocenters. The molecule has 0 N–H and O–H groups in total. The highest BCUT2D eigenvalue weighted by molar-refractivity contribution is 5.24. The van der Waals surface area contributed by atoms with Crippen molar-refractivity contribution in [3.63, 3.8) is 0 Å². The molecule has 0 bridgehead atoms. The van der Waals surface area contributed by atoms with Gasteiger partial charge >= 0.3 is 0 Å². The van der Waals surface area contributed by atoms with Gasteiger partial charge in [0.2, 0.25) is 0 Å². The van der Waals surface area contributed by atoms with Crippen molar-refractivity contribution >= 4 is 0 Å². The molecule has 0 aromatic rings. The zero-order chi connectivity index (χ0) is 9.68. The number of hydrogen-bond donors (Lipinski definition) is 0. The molecule has 0 aromatic carbocycles. The SMILES string of the molecule is CCC(C)C(C)C1=CC=CC=CC1. The molecule has 0 saturated heterocycles. The molecule has 0 spiro atoms. The Hall–Kier alpha value is -0.780. The molecule has 2 atom stereocenters. The van der Waals surface area contributed by atoms with Crippen LogP contribution in [0.4, 0.5) is 0 Å². The maximum atomic E-state index is 2.34. The third kappa shape index (κ3) is 2.87. The quantitative estimate of drug-likeness (QED) is 0.607. The first-order valence-corrected chi connectivity index (χ1v) is 5.28. The van der Waals surface area contributed by atoms with E-state index in [9.17, 15) is 0 Å². The summed E-state index contributed by atoms with van der Waals surface area (Å²) < 4.78 is 0. The lowest BCUT2D eigenvalue weighted by atomic mass is 9.85. The molecule has 0 aliphatic heterocycles. The molecule has 0 aromatic heterocycles. The van der Waals surface area contributed by atoms with Crippen LogP contribution in [-0.4, -0.2) is 0 Å². The van der Waals surface area contributed by atoms with Gasteiger partial charge in [-0.05, 0) is 18.3 Å². The molecule has 13 heavy (non-hydrogen) atoms. The summed E-state index contributed by atoms with van der Waals surface area (Å²) in [5, 5.41) is 0. The Morgan fingerprint density at radius 2 is 2.00 bits per heavy atom. The fourth-order valence-electron chi connectivity index (χ4n) is 1.65. The molecule has 0 heteroatoms. The zero-order valence-electron chi connectivity index (χ0n) is 8.96. The largest absolute Gasteiger partial charge is 0.0805 e. The molecule has 0 heterocycles. The Bertz CT molecular complexity index is 230. The van der Waals surface area contributed by atoms with E-state index >= 15 is 0 Å². The van der Waals surface area contributed by atoms with Crippen molar-refractivity contribution in [3.05, 3.63) is 36.0 Å². The first kappa shape index (κ1) is 10.3. The van der Waals surface area contributed by atoms with Crippen molar-refractivity contribution in [2.24, 2.45) is 11.8 Å². The van der Waals surface area contributed by atoms with E-state index < -0.39 is 0 Å². The predicted octanol–water partition coefficient (Wildman–Crippen LogP) is 4.11.